The second kappa shape index (κ2) is 6.76. The number of alkyl carbamates (subject to hydrolysis) is 1. The zero-order chi connectivity index (χ0) is 20.1. The molecule has 3 N–H and O–H groups in total. The summed E-state index contributed by atoms with van der Waals surface area (Å²) in [6.45, 7) is 4.27. The SMILES string of the molecule is CC(C)COC(=O)NCC12C=CC(O1)c1c2c(O)n(-c2ccc(Cl)cc2)c1O. The molecule has 2 aromatic rings. The molecular weight excluding hydrogens is 384 g/mol. The zero-order valence-electron chi connectivity index (χ0n) is 15.5. The molecule has 0 aliphatic carbocycles. The number of nitrogens with zero attached hydrogens (tertiary/aromatic N) is 1. The van der Waals surface area contributed by atoms with Crippen LogP contribution in [0.3, 0.4) is 0 Å². The highest BCUT2D eigenvalue weighted by Crippen LogP contribution is 2.58. The molecule has 2 unspecified atom stereocenters. The minimum Gasteiger partial charge on any atom is -0.494 e. The Morgan fingerprint density at radius 2 is 2.04 bits per heavy atom. The van der Waals surface area contributed by atoms with E-state index in [1.165, 1.54) is 4.57 Å². The van der Waals surface area contributed by atoms with Gasteiger partial charge in [-0.15, -0.1) is 0 Å². The fraction of sp³-hybridized carbons (Fsp3) is 0.350. The summed E-state index contributed by atoms with van der Waals surface area (Å²) < 4.78 is 12.5. The first-order valence-corrected chi connectivity index (χ1v) is 9.41. The van der Waals surface area contributed by atoms with Crippen molar-refractivity contribution in [2.75, 3.05) is 13.2 Å². The van der Waals surface area contributed by atoms with Crippen LogP contribution >= 0.6 is 11.6 Å². The molecule has 4 rings (SSSR count). The van der Waals surface area contributed by atoms with Gasteiger partial charge in [0.15, 0.2) is 0 Å². The lowest BCUT2D eigenvalue weighted by Gasteiger charge is -2.24. The molecule has 1 aromatic carbocycles. The number of hydrogen-bond acceptors (Lipinski definition) is 5. The molecule has 2 aliphatic rings. The topological polar surface area (TPSA) is 93.0 Å². The van der Waals surface area contributed by atoms with E-state index in [4.69, 9.17) is 21.1 Å². The Balaban J connectivity index is 1.64. The first-order valence-electron chi connectivity index (χ1n) is 9.03. The van der Waals surface area contributed by atoms with Crippen molar-refractivity contribution in [1.29, 1.82) is 0 Å². The molecule has 1 aromatic heterocycles. The minimum atomic E-state index is -1.06. The summed E-state index contributed by atoms with van der Waals surface area (Å²) in [5, 5.41) is 24.9. The Labute approximate surface area is 167 Å². The molecule has 0 saturated carbocycles. The van der Waals surface area contributed by atoms with Gasteiger partial charge in [0, 0.05) is 5.02 Å². The number of ether oxygens (including phenoxy) is 2. The number of carbonyl (C=O) groups excluding carboxylic acids is 1. The standard InChI is InChI=1S/C20H21ClN2O5/c1-11(2)9-27-19(26)22-10-20-8-7-14(28-20)15-16(20)18(25)23(17(15)24)13-5-3-12(21)4-6-13/h3-8,11,14,24-25H,9-10H2,1-2H3,(H,22,26). The van der Waals surface area contributed by atoms with E-state index in [2.05, 4.69) is 5.32 Å². The number of carbonyl (C=O) groups is 1. The second-order valence-corrected chi connectivity index (χ2v) is 7.82. The Kier molecular flexibility index (Phi) is 4.51. The number of rotatable bonds is 5. The summed E-state index contributed by atoms with van der Waals surface area (Å²) in [6.07, 6.45) is 2.53. The summed E-state index contributed by atoms with van der Waals surface area (Å²) in [6, 6.07) is 6.74. The molecule has 2 bridgehead atoms. The molecule has 8 heteroatoms. The maximum absolute atomic E-state index is 12.0. The first-order chi connectivity index (χ1) is 13.3. The smallest absolute Gasteiger partial charge is 0.407 e. The average Bonchev–Trinajstić information content (AvgIpc) is 3.30. The maximum atomic E-state index is 12.0. The molecule has 3 heterocycles. The molecule has 28 heavy (non-hydrogen) atoms. The molecule has 0 radical (unpaired) electrons. The summed E-state index contributed by atoms with van der Waals surface area (Å²) in [7, 11) is 0. The largest absolute Gasteiger partial charge is 0.494 e. The average molecular weight is 405 g/mol. The van der Waals surface area contributed by atoms with Gasteiger partial charge in [0.1, 0.15) is 11.7 Å². The van der Waals surface area contributed by atoms with Crippen LogP contribution in [0, 0.1) is 5.92 Å². The third kappa shape index (κ3) is 2.91. The predicted molar refractivity (Wildman–Crippen MR) is 103 cm³/mol. The van der Waals surface area contributed by atoms with E-state index in [1.54, 1.807) is 36.4 Å². The van der Waals surface area contributed by atoms with Gasteiger partial charge < -0.3 is 25.0 Å². The Morgan fingerprint density at radius 3 is 2.71 bits per heavy atom. The molecule has 7 nitrogen and oxygen atoms in total. The van der Waals surface area contributed by atoms with Gasteiger partial charge in [0.05, 0.1) is 30.0 Å². The van der Waals surface area contributed by atoms with Crippen LogP contribution in [0.2, 0.25) is 5.02 Å². The normalized spacial score (nSPS) is 21.9. The zero-order valence-corrected chi connectivity index (χ0v) is 16.2. The molecular formula is C20H21ClN2O5. The van der Waals surface area contributed by atoms with Crippen LogP contribution in [0.25, 0.3) is 5.69 Å². The second-order valence-electron chi connectivity index (χ2n) is 7.38. The molecule has 0 fully saturated rings. The van der Waals surface area contributed by atoms with Gasteiger partial charge in [-0.25, -0.2) is 4.79 Å². The highest BCUT2D eigenvalue weighted by molar-refractivity contribution is 6.30. The lowest BCUT2D eigenvalue weighted by molar-refractivity contribution is -0.00485. The van der Waals surface area contributed by atoms with E-state index in [0.29, 0.717) is 28.4 Å². The van der Waals surface area contributed by atoms with Gasteiger partial charge in [-0.3, -0.25) is 4.57 Å². The third-order valence-corrected chi connectivity index (χ3v) is 5.12. The van der Waals surface area contributed by atoms with E-state index < -0.39 is 17.8 Å². The molecule has 2 aliphatic heterocycles. The molecule has 0 saturated heterocycles. The predicted octanol–water partition coefficient (Wildman–Crippen LogP) is 3.76. The Morgan fingerprint density at radius 1 is 1.32 bits per heavy atom. The lowest BCUT2D eigenvalue weighted by Crippen LogP contribution is -2.39. The van der Waals surface area contributed by atoms with Crippen LogP contribution in [0.5, 0.6) is 11.8 Å². The minimum absolute atomic E-state index is 0.0710. The molecule has 0 spiro atoms. The van der Waals surface area contributed by atoms with Crippen LogP contribution in [0.15, 0.2) is 36.4 Å². The van der Waals surface area contributed by atoms with Gasteiger partial charge in [0.25, 0.3) is 0 Å². The van der Waals surface area contributed by atoms with Crippen LogP contribution < -0.4 is 5.32 Å². The van der Waals surface area contributed by atoms with Crippen molar-refractivity contribution in [2.45, 2.75) is 25.6 Å². The van der Waals surface area contributed by atoms with E-state index in [1.807, 2.05) is 13.8 Å². The van der Waals surface area contributed by atoms with E-state index in [0.717, 1.165) is 0 Å². The summed E-state index contributed by atoms with van der Waals surface area (Å²) in [5.74, 6) is -0.0177. The fourth-order valence-electron chi connectivity index (χ4n) is 3.62. The van der Waals surface area contributed by atoms with Crippen molar-refractivity contribution < 1.29 is 24.5 Å². The quantitative estimate of drug-likeness (QED) is 0.660. The lowest BCUT2D eigenvalue weighted by atomic mass is 9.89. The fourth-order valence-corrected chi connectivity index (χ4v) is 3.74. The number of amides is 1. The van der Waals surface area contributed by atoms with Crippen LogP contribution in [-0.4, -0.2) is 34.0 Å². The van der Waals surface area contributed by atoms with E-state index in [-0.39, 0.29) is 24.2 Å². The van der Waals surface area contributed by atoms with Crippen molar-refractivity contribution in [3.8, 4) is 17.4 Å². The Hall–Kier alpha value is -2.64. The van der Waals surface area contributed by atoms with Gasteiger partial charge in [-0.05, 0) is 36.3 Å². The monoisotopic (exact) mass is 404 g/mol. The van der Waals surface area contributed by atoms with Gasteiger partial charge in [-0.1, -0.05) is 31.5 Å². The van der Waals surface area contributed by atoms with Crippen molar-refractivity contribution in [3.05, 3.63) is 52.6 Å². The Bertz CT molecular complexity index is 950. The van der Waals surface area contributed by atoms with Gasteiger partial charge >= 0.3 is 6.09 Å². The van der Waals surface area contributed by atoms with Crippen molar-refractivity contribution in [1.82, 2.24) is 9.88 Å². The summed E-state index contributed by atoms with van der Waals surface area (Å²) >= 11 is 5.93. The number of fused-ring (bicyclic) bond motifs is 5. The van der Waals surface area contributed by atoms with Crippen LogP contribution in [0.1, 0.15) is 31.1 Å². The number of benzene rings is 1. The molecule has 2 atom stereocenters. The number of aromatic nitrogens is 1. The van der Waals surface area contributed by atoms with E-state index in [9.17, 15) is 15.0 Å². The van der Waals surface area contributed by atoms with Crippen LogP contribution in [-0.2, 0) is 15.1 Å². The number of hydrogen-bond donors (Lipinski definition) is 3. The molecule has 148 valence electrons. The first kappa shape index (κ1) is 18.7. The van der Waals surface area contributed by atoms with Crippen molar-refractivity contribution in [3.63, 3.8) is 0 Å². The summed E-state index contributed by atoms with van der Waals surface area (Å²) in [4.78, 5) is 12.0. The van der Waals surface area contributed by atoms with Gasteiger partial charge in [-0.2, -0.15) is 0 Å². The third-order valence-electron chi connectivity index (χ3n) is 4.87. The summed E-state index contributed by atoms with van der Waals surface area (Å²) in [5.41, 5.74) is 0.437. The number of nitrogens with one attached hydrogen (secondary N) is 1. The maximum Gasteiger partial charge on any atom is 0.407 e. The number of halogens is 1. The molecule has 1 amide bonds. The highest BCUT2D eigenvalue weighted by atomic mass is 35.5. The van der Waals surface area contributed by atoms with E-state index >= 15 is 0 Å². The van der Waals surface area contributed by atoms with Gasteiger partial charge in [0.2, 0.25) is 11.8 Å². The number of aromatic hydroxyl groups is 2. The van der Waals surface area contributed by atoms with Crippen molar-refractivity contribution >= 4 is 17.7 Å². The van der Waals surface area contributed by atoms with Crippen molar-refractivity contribution in [2.24, 2.45) is 5.92 Å². The van der Waals surface area contributed by atoms with Crippen LogP contribution in [0.4, 0.5) is 4.79 Å². The highest BCUT2D eigenvalue weighted by Gasteiger charge is 2.53.